The van der Waals surface area contributed by atoms with E-state index in [1.165, 1.54) is 11.3 Å². The quantitative estimate of drug-likeness (QED) is 0.798. The van der Waals surface area contributed by atoms with Gasteiger partial charge in [-0.25, -0.2) is 0 Å². The maximum Gasteiger partial charge on any atom is 0.261 e. The largest absolute Gasteiger partial charge is 0.346 e. The zero-order valence-electron chi connectivity index (χ0n) is 11.8. The first-order valence-corrected chi connectivity index (χ1v) is 7.80. The predicted molar refractivity (Wildman–Crippen MR) is 86.9 cm³/mol. The Balaban J connectivity index is 1.70. The van der Waals surface area contributed by atoms with Crippen LogP contribution in [0.2, 0.25) is 4.34 Å². The number of carbonyl (C=O) groups excluding carboxylic acids is 1. The summed E-state index contributed by atoms with van der Waals surface area (Å²) in [5, 5.41) is 7.26. The van der Waals surface area contributed by atoms with Crippen LogP contribution in [0, 0.1) is 0 Å². The van der Waals surface area contributed by atoms with Gasteiger partial charge in [-0.1, -0.05) is 11.6 Å². The Kier molecular flexibility index (Phi) is 4.22. The average molecular weight is 333 g/mol. The molecule has 3 aromatic heterocycles. The highest BCUT2D eigenvalue weighted by atomic mass is 35.5. The average Bonchev–Trinajstić information content (AvgIpc) is 3.12. The van der Waals surface area contributed by atoms with E-state index in [4.69, 9.17) is 11.6 Å². The van der Waals surface area contributed by atoms with Crippen molar-refractivity contribution in [3.8, 4) is 11.3 Å². The lowest BCUT2D eigenvalue weighted by Crippen LogP contribution is -2.22. The van der Waals surface area contributed by atoms with Gasteiger partial charge in [-0.15, -0.1) is 11.3 Å². The molecule has 3 rings (SSSR count). The first-order valence-electron chi connectivity index (χ1n) is 6.60. The SMILES string of the molecule is Cn1nc(CNC(=O)c2ccc(Cl)s2)cc1-c1ccncc1. The molecule has 0 saturated heterocycles. The summed E-state index contributed by atoms with van der Waals surface area (Å²) >= 11 is 7.09. The van der Waals surface area contributed by atoms with Crippen LogP contribution in [0.5, 0.6) is 0 Å². The molecule has 0 fully saturated rings. The number of pyridine rings is 1. The Labute approximate surface area is 136 Å². The second-order valence-corrected chi connectivity index (χ2v) is 6.38. The second-order valence-electron chi connectivity index (χ2n) is 4.67. The summed E-state index contributed by atoms with van der Waals surface area (Å²) in [5.74, 6) is -0.145. The number of hydrogen-bond donors (Lipinski definition) is 1. The third-order valence-corrected chi connectivity index (χ3v) is 4.36. The normalized spacial score (nSPS) is 10.6. The number of aromatic nitrogens is 3. The molecule has 0 aliphatic heterocycles. The lowest BCUT2D eigenvalue weighted by Gasteiger charge is -1.99. The Morgan fingerprint density at radius 3 is 2.77 bits per heavy atom. The van der Waals surface area contributed by atoms with Crippen molar-refractivity contribution in [2.75, 3.05) is 0 Å². The van der Waals surface area contributed by atoms with E-state index in [0.29, 0.717) is 15.8 Å². The van der Waals surface area contributed by atoms with Crippen LogP contribution in [-0.4, -0.2) is 20.7 Å². The zero-order chi connectivity index (χ0) is 15.5. The molecule has 112 valence electrons. The van der Waals surface area contributed by atoms with E-state index in [2.05, 4.69) is 15.4 Å². The van der Waals surface area contributed by atoms with E-state index in [1.54, 1.807) is 29.2 Å². The second kappa shape index (κ2) is 6.29. The van der Waals surface area contributed by atoms with Crippen molar-refractivity contribution in [3.63, 3.8) is 0 Å². The van der Waals surface area contributed by atoms with Crippen molar-refractivity contribution in [2.45, 2.75) is 6.54 Å². The van der Waals surface area contributed by atoms with Crippen LogP contribution in [-0.2, 0) is 13.6 Å². The molecule has 5 nitrogen and oxygen atoms in total. The van der Waals surface area contributed by atoms with E-state index in [9.17, 15) is 4.79 Å². The van der Waals surface area contributed by atoms with Crippen molar-refractivity contribution in [3.05, 3.63) is 57.6 Å². The molecule has 0 saturated carbocycles. The van der Waals surface area contributed by atoms with E-state index >= 15 is 0 Å². The first kappa shape index (κ1) is 14.7. The molecule has 0 unspecified atom stereocenters. The highest BCUT2D eigenvalue weighted by molar-refractivity contribution is 7.17. The van der Waals surface area contributed by atoms with Gasteiger partial charge in [0.05, 0.1) is 27.1 Å². The monoisotopic (exact) mass is 332 g/mol. The number of amides is 1. The molecule has 0 aliphatic rings. The topological polar surface area (TPSA) is 59.8 Å². The van der Waals surface area contributed by atoms with Crippen molar-refractivity contribution < 1.29 is 4.79 Å². The Morgan fingerprint density at radius 1 is 1.32 bits per heavy atom. The minimum absolute atomic E-state index is 0.145. The molecular weight excluding hydrogens is 320 g/mol. The van der Waals surface area contributed by atoms with Crippen LogP contribution in [0.1, 0.15) is 15.4 Å². The zero-order valence-corrected chi connectivity index (χ0v) is 13.4. The molecule has 0 aromatic carbocycles. The third-order valence-electron chi connectivity index (χ3n) is 3.13. The number of rotatable bonds is 4. The predicted octanol–water partition coefficient (Wildman–Crippen LogP) is 3.13. The Morgan fingerprint density at radius 2 is 2.09 bits per heavy atom. The molecule has 3 aromatic rings. The van der Waals surface area contributed by atoms with Crippen LogP contribution in [0.15, 0.2) is 42.7 Å². The van der Waals surface area contributed by atoms with E-state index in [-0.39, 0.29) is 5.91 Å². The highest BCUT2D eigenvalue weighted by Gasteiger charge is 2.11. The molecular formula is C15H13ClN4OS. The van der Waals surface area contributed by atoms with Crippen LogP contribution in [0.4, 0.5) is 0 Å². The molecule has 1 N–H and O–H groups in total. The molecule has 1 amide bonds. The first-order chi connectivity index (χ1) is 10.6. The summed E-state index contributed by atoms with van der Waals surface area (Å²) in [7, 11) is 1.88. The third kappa shape index (κ3) is 3.18. The highest BCUT2D eigenvalue weighted by Crippen LogP contribution is 2.21. The molecule has 0 bridgehead atoms. The van der Waals surface area contributed by atoms with Crippen molar-refractivity contribution in [1.29, 1.82) is 0 Å². The Bertz CT molecular complexity index is 797. The lowest BCUT2D eigenvalue weighted by molar-refractivity contribution is 0.0954. The number of nitrogens with one attached hydrogen (secondary N) is 1. The van der Waals surface area contributed by atoms with Crippen molar-refractivity contribution >= 4 is 28.8 Å². The minimum atomic E-state index is -0.145. The van der Waals surface area contributed by atoms with Gasteiger partial charge in [0.15, 0.2) is 0 Å². The van der Waals surface area contributed by atoms with Crippen molar-refractivity contribution in [2.24, 2.45) is 7.05 Å². The number of carbonyl (C=O) groups is 1. The maximum absolute atomic E-state index is 12.0. The summed E-state index contributed by atoms with van der Waals surface area (Å²) < 4.78 is 2.39. The summed E-state index contributed by atoms with van der Waals surface area (Å²) in [6, 6.07) is 9.23. The fraction of sp³-hybridized carbons (Fsp3) is 0.133. The van der Waals surface area contributed by atoms with Gasteiger partial charge in [0.25, 0.3) is 5.91 Å². The van der Waals surface area contributed by atoms with E-state index in [1.807, 2.05) is 25.2 Å². The van der Waals surface area contributed by atoms with Crippen LogP contribution < -0.4 is 5.32 Å². The number of halogens is 1. The summed E-state index contributed by atoms with van der Waals surface area (Å²) in [6.45, 7) is 0.368. The maximum atomic E-state index is 12.0. The van der Waals surface area contributed by atoms with Gasteiger partial charge in [-0.3, -0.25) is 14.5 Å². The van der Waals surface area contributed by atoms with Gasteiger partial charge in [-0.05, 0) is 30.3 Å². The summed E-state index contributed by atoms with van der Waals surface area (Å²) in [4.78, 5) is 16.6. The minimum Gasteiger partial charge on any atom is -0.346 e. The summed E-state index contributed by atoms with van der Waals surface area (Å²) in [5.41, 5.74) is 2.81. The smallest absolute Gasteiger partial charge is 0.261 e. The summed E-state index contributed by atoms with van der Waals surface area (Å²) in [6.07, 6.45) is 3.48. The van der Waals surface area contributed by atoms with Gasteiger partial charge in [0.1, 0.15) is 0 Å². The van der Waals surface area contributed by atoms with Crippen LogP contribution in [0.3, 0.4) is 0 Å². The van der Waals surface area contributed by atoms with Gasteiger partial charge in [0, 0.05) is 25.0 Å². The standard InChI is InChI=1S/C15H13ClN4OS/c1-20-12(10-4-6-17-7-5-10)8-11(19-20)9-18-15(21)13-2-3-14(16)22-13/h2-8H,9H2,1H3,(H,18,21). The lowest BCUT2D eigenvalue weighted by atomic mass is 10.2. The van der Waals surface area contributed by atoms with Crippen LogP contribution in [0.25, 0.3) is 11.3 Å². The Hall–Kier alpha value is -2.18. The van der Waals surface area contributed by atoms with E-state index < -0.39 is 0 Å². The fourth-order valence-corrected chi connectivity index (χ4v) is 3.06. The van der Waals surface area contributed by atoms with Gasteiger partial charge < -0.3 is 5.32 Å². The molecule has 0 radical (unpaired) electrons. The van der Waals surface area contributed by atoms with Crippen LogP contribution >= 0.6 is 22.9 Å². The number of aryl methyl sites for hydroxylation is 1. The van der Waals surface area contributed by atoms with Gasteiger partial charge >= 0.3 is 0 Å². The number of nitrogens with zero attached hydrogens (tertiary/aromatic N) is 3. The van der Waals surface area contributed by atoms with Crippen molar-refractivity contribution in [1.82, 2.24) is 20.1 Å². The molecule has 3 heterocycles. The number of thiophene rings is 1. The molecule has 0 aliphatic carbocycles. The van der Waals surface area contributed by atoms with Gasteiger partial charge in [0.2, 0.25) is 0 Å². The molecule has 7 heteroatoms. The number of hydrogen-bond acceptors (Lipinski definition) is 4. The molecule has 0 atom stereocenters. The molecule has 0 spiro atoms. The van der Waals surface area contributed by atoms with E-state index in [0.717, 1.165) is 17.0 Å². The molecule has 22 heavy (non-hydrogen) atoms. The fourth-order valence-electron chi connectivity index (χ4n) is 2.10. The van der Waals surface area contributed by atoms with Gasteiger partial charge in [-0.2, -0.15) is 5.10 Å².